The van der Waals surface area contributed by atoms with Crippen LogP contribution in [0.2, 0.25) is 0 Å². The Morgan fingerprint density at radius 1 is 0.923 bits per heavy atom. The Morgan fingerprint density at radius 2 is 1.54 bits per heavy atom. The predicted molar refractivity (Wildman–Crippen MR) is 101 cm³/mol. The molecule has 0 spiro atoms. The lowest BCUT2D eigenvalue weighted by Crippen LogP contribution is -2.36. The Hall–Kier alpha value is -2.99. The molecule has 26 heavy (non-hydrogen) atoms. The summed E-state index contributed by atoms with van der Waals surface area (Å²) in [4.78, 5) is 23.9. The van der Waals surface area contributed by atoms with E-state index in [0.29, 0.717) is 5.69 Å². The van der Waals surface area contributed by atoms with E-state index in [0.717, 1.165) is 16.7 Å². The molecule has 0 unspecified atom stereocenters. The number of rotatable bonds is 4. The summed E-state index contributed by atoms with van der Waals surface area (Å²) in [6, 6.07) is 15.2. The van der Waals surface area contributed by atoms with E-state index in [1.165, 1.54) is 23.5 Å². The number of hydrogen-bond acceptors (Lipinski definition) is 3. The predicted octanol–water partition coefficient (Wildman–Crippen LogP) is 4.37. The lowest BCUT2D eigenvalue weighted by atomic mass is 10.0. The first kappa shape index (κ1) is 17.8. The van der Waals surface area contributed by atoms with Crippen molar-refractivity contribution in [2.75, 3.05) is 5.32 Å². The number of carbonyl (C=O) groups is 2. The molecule has 3 rings (SSSR count). The summed E-state index contributed by atoms with van der Waals surface area (Å²) >= 11 is 1.44. The van der Waals surface area contributed by atoms with Crippen LogP contribution in [0.4, 0.5) is 10.1 Å². The third-order valence-corrected chi connectivity index (χ3v) is 4.60. The fourth-order valence-corrected chi connectivity index (χ4v) is 3.06. The number of anilines is 1. The second-order valence-electron chi connectivity index (χ2n) is 5.79. The molecule has 2 N–H and O–H groups in total. The van der Waals surface area contributed by atoms with Crippen LogP contribution in [0.25, 0.3) is 11.1 Å². The molecule has 1 atom stereocenters. The van der Waals surface area contributed by atoms with Gasteiger partial charge in [0.2, 0.25) is 0 Å². The van der Waals surface area contributed by atoms with Gasteiger partial charge in [-0.3, -0.25) is 9.59 Å². The van der Waals surface area contributed by atoms with E-state index in [2.05, 4.69) is 10.6 Å². The Labute approximate surface area is 154 Å². The van der Waals surface area contributed by atoms with Gasteiger partial charge in [0.05, 0.1) is 11.7 Å². The first-order valence-electron chi connectivity index (χ1n) is 8.03. The van der Waals surface area contributed by atoms with E-state index in [4.69, 9.17) is 0 Å². The van der Waals surface area contributed by atoms with Gasteiger partial charge in [0.25, 0.3) is 0 Å². The van der Waals surface area contributed by atoms with Gasteiger partial charge in [-0.15, -0.1) is 0 Å². The molecule has 2 aromatic carbocycles. The van der Waals surface area contributed by atoms with Crippen LogP contribution in [-0.2, 0) is 9.59 Å². The number of benzene rings is 2. The smallest absolute Gasteiger partial charge is 0.313 e. The summed E-state index contributed by atoms with van der Waals surface area (Å²) in [5, 5.41) is 8.79. The van der Waals surface area contributed by atoms with Crippen molar-refractivity contribution < 1.29 is 14.0 Å². The summed E-state index contributed by atoms with van der Waals surface area (Å²) in [6.07, 6.45) is 0. The average molecular weight is 368 g/mol. The fourth-order valence-electron chi connectivity index (χ4n) is 2.48. The first-order valence-corrected chi connectivity index (χ1v) is 8.97. The van der Waals surface area contributed by atoms with Crippen molar-refractivity contribution in [3.63, 3.8) is 0 Å². The number of amides is 2. The summed E-state index contributed by atoms with van der Waals surface area (Å²) in [5.41, 5.74) is 3.33. The molecule has 132 valence electrons. The maximum atomic E-state index is 13.0. The van der Waals surface area contributed by atoms with Crippen molar-refractivity contribution >= 4 is 28.8 Å². The molecular weight excluding hydrogens is 351 g/mol. The molecule has 1 heterocycles. The van der Waals surface area contributed by atoms with E-state index in [1.807, 2.05) is 36.6 Å². The Kier molecular flexibility index (Phi) is 5.43. The molecule has 3 aromatic rings. The maximum Gasteiger partial charge on any atom is 0.313 e. The van der Waals surface area contributed by atoms with Crippen molar-refractivity contribution in [1.29, 1.82) is 0 Å². The molecule has 0 saturated carbocycles. The van der Waals surface area contributed by atoms with Gasteiger partial charge in [-0.25, -0.2) is 4.39 Å². The van der Waals surface area contributed by atoms with Gasteiger partial charge >= 0.3 is 11.8 Å². The SMILES string of the molecule is C[C@H](NC(=O)C(=O)Nc1ccsc1)c1ccc(-c2ccc(F)cc2)cc1. The molecule has 0 aliphatic rings. The monoisotopic (exact) mass is 368 g/mol. The molecule has 0 fully saturated rings. The highest BCUT2D eigenvalue weighted by atomic mass is 32.1. The third-order valence-electron chi connectivity index (χ3n) is 3.92. The second-order valence-corrected chi connectivity index (χ2v) is 6.57. The Bertz CT molecular complexity index is 891. The lowest BCUT2D eigenvalue weighted by molar-refractivity contribution is -0.136. The molecule has 1 aromatic heterocycles. The van der Waals surface area contributed by atoms with E-state index in [9.17, 15) is 14.0 Å². The van der Waals surface area contributed by atoms with Gasteiger partial charge < -0.3 is 10.6 Å². The molecule has 0 radical (unpaired) electrons. The minimum Gasteiger partial charge on any atom is -0.341 e. The van der Waals surface area contributed by atoms with Gasteiger partial charge in [-0.1, -0.05) is 36.4 Å². The number of carbonyl (C=O) groups excluding carboxylic acids is 2. The van der Waals surface area contributed by atoms with Crippen molar-refractivity contribution in [3.05, 3.63) is 76.7 Å². The highest BCUT2D eigenvalue weighted by Crippen LogP contribution is 2.22. The van der Waals surface area contributed by atoms with E-state index in [1.54, 1.807) is 23.6 Å². The van der Waals surface area contributed by atoms with Crippen LogP contribution in [-0.4, -0.2) is 11.8 Å². The van der Waals surface area contributed by atoms with E-state index >= 15 is 0 Å². The van der Waals surface area contributed by atoms with Crippen molar-refractivity contribution in [2.24, 2.45) is 0 Å². The zero-order valence-corrected chi connectivity index (χ0v) is 14.8. The van der Waals surface area contributed by atoms with Crippen LogP contribution < -0.4 is 10.6 Å². The molecule has 4 nitrogen and oxygen atoms in total. The molecule has 2 amide bonds. The van der Waals surface area contributed by atoms with Crippen LogP contribution in [0.1, 0.15) is 18.5 Å². The fraction of sp³-hybridized carbons (Fsp3) is 0.100. The number of thiophene rings is 1. The molecule has 0 saturated heterocycles. The maximum absolute atomic E-state index is 13.0. The number of nitrogens with one attached hydrogen (secondary N) is 2. The average Bonchev–Trinajstić information content (AvgIpc) is 3.15. The zero-order valence-electron chi connectivity index (χ0n) is 14.0. The highest BCUT2D eigenvalue weighted by molar-refractivity contribution is 7.08. The lowest BCUT2D eigenvalue weighted by Gasteiger charge is -2.14. The topological polar surface area (TPSA) is 58.2 Å². The van der Waals surface area contributed by atoms with Gasteiger partial charge in [0, 0.05) is 5.38 Å². The Morgan fingerprint density at radius 3 is 2.12 bits per heavy atom. The summed E-state index contributed by atoms with van der Waals surface area (Å²) < 4.78 is 13.0. The normalized spacial score (nSPS) is 11.6. The van der Waals surface area contributed by atoms with Crippen molar-refractivity contribution in [2.45, 2.75) is 13.0 Å². The molecule has 0 aliphatic heterocycles. The second kappa shape index (κ2) is 7.93. The van der Waals surface area contributed by atoms with Crippen molar-refractivity contribution in [3.8, 4) is 11.1 Å². The minimum atomic E-state index is -0.696. The van der Waals surface area contributed by atoms with Gasteiger partial charge in [-0.05, 0) is 47.2 Å². The van der Waals surface area contributed by atoms with Crippen LogP contribution in [0.3, 0.4) is 0 Å². The molecule has 6 heteroatoms. The molecule has 0 aliphatic carbocycles. The Balaban J connectivity index is 1.62. The third kappa shape index (κ3) is 4.34. The first-order chi connectivity index (χ1) is 12.5. The number of halogens is 1. The van der Waals surface area contributed by atoms with Gasteiger partial charge in [0.15, 0.2) is 0 Å². The van der Waals surface area contributed by atoms with Crippen LogP contribution >= 0.6 is 11.3 Å². The summed E-state index contributed by atoms with van der Waals surface area (Å²) in [7, 11) is 0. The largest absolute Gasteiger partial charge is 0.341 e. The van der Waals surface area contributed by atoms with E-state index in [-0.39, 0.29) is 11.9 Å². The van der Waals surface area contributed by atoms with Gasteiger partial charge in [0.1, 0.15) is 5.82 Å². The molecular formula is C20H17FN2O2S. The standard InChI is InChI=1S/C20H17FN2O2S/c1-13(22-19(24)20(25)23-18-10-11-26-12-18)14-2-4-15(5-3-14)16-6-8-17(21)9-7-16/h2-13H,1H3,(H,22,24)(H,23,25)/t13-/m0/s1. The van der Waals surface area contributed by atoms with Crippen LogP contribution in [0.15, 0.2) is 65.4 Å². The summed E-state index contributed by atoms with van der Waals surface area (Å²) in [5.74, 6) is -1.66. The zero-order chi connectivity index (χ0) is 18.5. The van der Waals surface area contributed by atoms with Crippen molar-refractivity contribution in [1.82, 2.24) is 5.32 Å². The van der Waals surface area contributed by atoms with E-state index < -0.39 is 11.8 Å². The summed E-state index contributed by atoms with van der Waals surface area (Å²) in [6.45, 7) is 1.81. The molecule has 0 bridgehead atoms. The highest BCUT2D eigenvalue weighted by Gasteiger charge is 2.17. The van der Waals surface area contributed by atoms with Gasteiger partial charge in [-0.2, -0.15) is 11.3 Å². The minimum absolute atomic E-state index is 0.276. The number of hydrogen-bond donors (Lipinski definition) is 2. The van der Waals surface area contributed by atoms with Crippen LogP contribution in [0, 0.1) is 5.82 Å². The van der Waals surface area contributed by atoms with Crippen LogP contribution in [0.5, 0.6) is 0 Å². The quantitative estimate of drug-likeness (QED) is 0.672.